The monoisotopic (exact) mass is 222 g/mol. The highest BCUT2D eigenvalue weighted by Crippen LogP contribution is 2.22. The lowest BCUT2D eigenvalue weighted by molar-refractivity contribution is 0.297. The van der Waals surface area contributed by atoms with Crippen LogP contribution in [0.5, 0.6) is 5.75 Å². The second-order valence-corrected chi connectivity index (χ2v) is 4.62. The first-order chi connectivity index (χ1) is 7.45. The van der Waals surface area contributed by atoms with Crippen molar-refractivity contribution >= 4 is 0 Å². The van der Waals surface area contributed by atoms with Gasteiger partial charge in [0, 0.05) is 12.6 Å². The molecular formula is C13H22N2O. The molecule has 0 aliphatic heterocycles. The van der Waals surface area contributed by atoms with Gasteiger partial charge < -0.3 is 15.7 Å². The Labute approximate surface area is 97.9 Å². The van der Waals surface area contributed by atoms with Gasteiger partial charge in [-0.25, -0.2) is 0 Å². The first kappa shape index (κ1) is 13.0. The Bertz CT molecular complexity index is 338. The predicted molar refractivity (Wildman–Crippen MR) is 67.8 cm³/mol. The SMILES string of the molecule is Cc1cc(O)cc(C)c1C[C@@H](CN)N(C)C. The van der Waals surface area contributed by atoms with Crippen molar-refractivity contribution in [2.45, 2.75) is 26.3 Å². The number of phenols is 1. The zero-order valence-corrected chi connectivity index (χ0v) is 10.6. The van der Waals surface area contributed by atoms with Crippen LogP contribution < -0.4 is 5.73 Å². The minimum absolute atomic E-state index is 0.341. The van der Waals surface area contributed by atoms with Crippen LogP contribution in [0, 0.1) is 13.8 Å². The Morgan fingerprint density at radius 2 is 1.75 bits per heavy atom. The number of likely N-dealkylation sites (N-methyl/N-ethyl adjacent to an activating group) is 1. The van der Waals surface area contributed by atoms with Crippen molar-refractivity contribution in [1.29, 1.82) is 0 Å². The molecule has 0 aliphatic rings. The van der Waals surface area contributed by atoms with Crippen LogP contribution in [0.25, 0.3) is 0 Å². The number of aryl methyl sites for hydroxylation is 2. The molecule has 0 bridgehead atoms. The van der Waals surface area contributed by atoms with Gasteiger partial charge in [0.2, 0.25) is 0 Å². The van der Waals surface area contributed by atoms with E-state index in [-0.39, 0.29) is 0 Å². The molecule has 0 saturated carbocycles. The summed E-state index contributed by atoms with van der Waals surface area (Å²) in [6.07, 6.45) is 0.932. The van der Waals surface area contributed by atoms with Gasteiger partial charge in [-0.3, -0.25) is 0 Å². The summed E-state index contributed by atoms with van der Waals surface area (Å²) in [5, 5.41) is 9.48. The van der Waals surface area contributed by atoms with Crippen LogP contribution >= 0.6 is 0 Å². The minimum atomic E-state index is 0.341. The van der Waals surface area contributed by atoms with Crippen molar-refractivity contribution in [2.24, 2.45) is 5.73 Å². The van der Waals surface area contributed by atoms with Gasteiger partial charge in [0.1, 0.15) is 5.75 Å². The molecule has 0 amide bonds. The zero-order valence-electron chi connectivity index (χ0n) is 10.6. The highest BCUT2D eigenvalue weighted by Gasteiger charge is 2.13. The summed E-state index contributed by atoms with van der Waals surface area (Å²) in [4.78, 5) is 2.14. The second-order valence-electron chi connectivity index (χ2n) is 4.62. The second kappa shape index (κ2) is 5.32. The summed E-state index contributed by atoms with van der Waals surface area (Å²) in [7, 11) is 4.09. The average molecular weight is 222 g/mol. The third kappa shape index (κ3) is 2.97. The fourth-order valence-corrected chi connectivity index (χ4v) is 2.00. The van der Waals surface area contributed by atoms with Crippen LogP contribution in [0.1, 0.15) is 16.7 Å². The fraction of sp³-hybridized carbons (Fsp3) is 0.538. The topological polar surface area (TPSA) is 49.5 Å². The van der Waals surface area contributed by atoms with E-state index in [1.165, 1.54) is 5.56 Å². The van der Waals surface area contributed by atoms with E-state index in [1.54, 1.807) is 0 Å². The summed E-state index contributed by atoms with van der Waals surface area (Å²) in [6, 6.07) is 3.97. The molecule has 0 aliphatic carbocycles. The van der Waals surface area contributed by atoms with Gasteiger partial charge in [0.25, 0.3) is 0 Å². The first-order valence-electron chi connectivity index (χ1n) is 5.61. The number of benzene rings is 1. The largest absolute Gasteiger partial charge is 0.508 e. The standard InChI is InChI=1S/C13H22N2O/c1-9-5-12(16)6-10(2)13(9)7-11(8-14)15(3)4/h5-6,11,16H,7-8,14H2,1-4H3/t11-/m0/s1. The zero-order chi connectivity index (χ0) is 12.3. The molecule has 1 atom stereocenters. The molecule has 90 valence electrons. The number of aromatic hydroxyl groups is 1. The van der Waals surface area contributed by atoms with E-state index in [0.29, 0.717) is 18.3 Å². The van der Waals surface area contributed by atoms with Crippen LogP contribution in [-0.2, 0) is 6.42 Å². The predicted octanol–water partition coefficient (Wildman–Crippen LogP) is 1.44. The van der Waals surface area contributed by atoms with Crippen molar-refractivity contribution in [1.82, 2.24) is 4.90 Å². The van der Waals surface area contributed by atoms with E-state index >= 15 is 0 Å². The normalized spacial score (nSPS) is 13.1. The van der Waals surface area contributed by atoms with E-state index in [1.807, 2.05) is 40.1 Å². The van der Waals surface area contributed by atoms with Gasteiger partial charge in [-0.05, 0) is 63.2 Å². The molecule has 3 nitrogen and oxygen atoms in total. The number of hydrogen-bond donors (Lipinski definition) is 2. The van der Waals surface area contributed by atoms with E-state index in [2.05, 4.69) is 4.90 Å². The summed E-state index contributed by atoms with van der Waals surface area (Å²) >= 11 is 0. The van der Waals surface area contributed by atoms with Gasteiger partial charge in [-0.1, -0.05) is 0 Å². The Kier molecular flexibility index (Phi) is 4.33. The quantitative estimate of drug-likeness (QED) is 0.810. The van der Waals surface area contributed by atoms with Crippen LogP contribution in [-0.4, -0.2) is 36.7 Å². The highest BCUT2D eigenvalue weighted by atomic mass is 16.3. The molecular weight excluding hydrogens is 200 g/mol. The lowest BCUT2D eigenvalue weighted by Crippen LogP contribution is -2.37. The Morgan fingerprint density at radius 3 is 2.12 bits per heavy atom. The molecule has 1 rings (SSSR count). The van der Waals surface area contributed by atoms with Crippen molar-refractivity contribution in [2.75, 3.05) is 20.6 Å². The maximum absolute atomic E-state index is 9.48. The van der Waals surface area contributed by atoms with E-state index < -0.39 is 0 Å². The van der Waals surface area contributed by atoms with Crippen LogP contribution in [0.4, 0.5) is 0 Å². The number of hydrogen-bond acceptors (Lipinski definition) is 3. The molecule has 0 saturated heterocycles. The van der Waals surface area contributed by atoms with Crippen LogP contribution in [0.2, 0.25) is 0 Å². The number of nitrogens with zero attached hydrogens (tertiary/aromatic N) is 1. The van der Waals surface area contributed by atoms with Gasteiger partial charge in [-0.2, -0.15) is 0 Å². The van der Waals surface area contributed by atoms with E-state index in [9.17, 15) is 5.11 Å². The molecule has 1 aromatic rings. The van der Waals surface area contributed by atoms with Gasteiger partial charge in [0.05, 0.1) is 0 Å². The third-order valence-corrected chi connectivity index (χ3v) is 3.12. The Hall–Kier alpha value is -1.06. The lowest BCUT2D eigenvalue weighted by Gasteiger charge is -2.24. The number of phenolic OH excluding ortho intramolecular Hbond substituents is 1. The summed E-state index contributed by atoms with van der Waals surface area (Å²) in [6.45, 7) is 4.71. The lowest BCUT2D eigenvalue weighted by atomic mass is 9.95. The smallest absolute Gasteiger partial charge is 0.116 e. The molecule has 0 unspecified atom stereocenters. The molecule has 0 radical (unpaired) electrons. The van der Waals surface area contributed by atoms with Gasteiger partial charge in [0.15, 0.2) is 0 Å². The maximum Gasteiger partial charge on any atom is 0.116 e. The Morgan fingerprint density at radius 1 is 1.25 bits per heavy atom. The summed E-state index contributed by atoms with van der Waals surface area (Å²) in [5.74, 6) is 0.341. The fourth-order valence-electron chi connectivity index (χ4n) is 2.00. The first-order valence-corrected chi connectivity index (χ1v) is 5.61. The molecule has 0 aromatic heterocycles. The molecule has 3 N–H and O–H groups in total. The number of nitrogens with two attached hydrogens (primary N) is 1. The van der Waals surface area contributed by atoms with Crippen molar-refractivity contribution < 1.29 is 5.11 Å². The highest BCUT2D eigenvalue weighted by molar-refractivity contribution is 5.40. The van der Waals surface area contributed by atoms with E-state index in [4.69, 9.17) is 5.73 Å². The molecule has 0 heterocycles. The van der Waals surface area contributed by atoms with Crippen molar-refractivity contribution in [3.05, 3.63) is 28.8 Å². The average Bonchev–Trinajstić information content (AvgIpc) is 2.15. The molecule has 16 heavy (non-hydrogen) atoms. The third-order valence-electron chi connectivity index (χ3n) is 3.12. The minimum Gasteiger partial charge on any atom is -0.508 e. The van der Waals surface area contributed by atoms with Gasteiger partial charge in [-0.15, -0.1) is 0 Å². The van der Waals surface area contributed by atoms with Crippen LogP contribution in [0.15, 0.2) is 12.1 Å². The molecule has 0 fully saturated rings. The summed E-state index contributed by atoms with van der Waals surface area (Å²) in [5.41, 5.74) is 9.33. The van der Waals surface area contributed by atoms with Crippen molar-refractivity contribution in [3.8, 4) is 5.75 Å². The van der Waals surface area contributed by atoms with E-state index in [0.717, 1.165) is 17.5 Å². The summed E-state index contributed by atoms with van der Waals surface area (Å²) < 4.78 is 0. The molecule has 3 heteroatoms. The molecule has 0 spiro atoms. The van der Waals surface area contributed by atoms with Crippen molar-refractivity contribution in [3.63, 3.8) is 0 Å². The maximum atomic E-state index is 9.48. The number of rotatable bonds is 4. The molecule has 1 aromatic carbocycles. The van der Waals surface area contributed by atoms with Crippen LogP contribution in [0.3, 0.4) is 0 Å². The Balaban J connectivity index is 2.96. The van der Waals surface area contributed by atoms with Gasteiger partial charge >= 0.3 is 0 Å².